The third kappa shape index (κ3) is 13.7. The van der Waals surface area contributed by atoms with Crippen molar-refractivity contribution in [2.75, 3.05) is 18.0 Å². The molecule has 2 atom stereocenters. The van der Waals surface area contributed by atoms with Crippen LogP contribution in [0.5, 0.6) is 0 Å². The van der Waals surface area contributed by atoms with Crippen LogP contribution in [0.3, 0.4) is 0 Å². The van der Waals surface area contributed by atoms with E-state index in [2.05, 4.69) is 42.9 Å². The van der Waals surface area contributed by atoms with Gasteiger partial charge in [0.25, 0.3) is 0 Å². The van der Waals surface area contributed by atoms with Crippen LogP contribution in [0.25, 0.3) is 0 Å². The van der Waals surface area contributed by atoms with Gasteiger partial charge in [0.15, 0.2) is 0 Å². The second-order valence-corrected chi connectivity index (χ2v) is 12.3. The summed E-state index contributed by atoms with van der Waals surface area (Å²) in [4.78, 5) is 14.6. The van der Waals surface area contributed by atoms with E-state index in [9.17, 15) is 9.90 Å². The first-order chi connectivity index (χ1) is 20.6. The smallest absolute Gasteiger partial charge is 0.313 e. The van der Waals surface area contributed by atoms with Gasteiger partial charge in [-0.2, -0.15) is 10.2 Å². The lowest BCUT2D eigenvalue weighted by Gasteiger charge is -2.31. The lowest BCUT2D eigenvalue weighted by atomic mass is 9.77. The molecule has 0 bridgehead atoms. The second-order valence-electron chi connectivity index (χ2n) is 12.3. The Balaban J connectivity index is 1.76. The van der Waals surface area contributed by atoms with Crippen LogP contribution in [-0.4, -0.2) is 29.7 Å². The molecule has 0 saturated carbocycles. The Morgan fingerprint density at radius 3 is 1.69 bits per heavy atom. The monoisotopic (exact) mass is 579 g/mol. The molecule has 5 heteroatoms. The molecule has 0 spiro atoms. The number of hydrogen-bond donors (Lipinski definition) is 1. The molecule has 2 rings (SSSR count). The average Bonchev–Trinajstić information content (AvgIpc) is 3.00. The fourth-order valence-electron chi connectivity index (χ4n) is 6.10. The number of rotatable bonds is 25. The largest absolute Gasteiger partial charge is 0.481 e. The summed E-state index contributed by atoms with van der Waals surface area (Å²) in [6.45, 7) is 8.76. The van der Waals surface area contributed by atoms with Gasteiger partial charge in [-0.15, -0.1) is 0 Å². The number of allylic oxidation sites excluding steroid dienone is 2. The molecule has 0 radical (unpaired) electrons. The number of unbranched alkanes of at least 4 members (excludes halogenated alkanes) is 15. The van der Waals surface area contributed by atoms with E-state index in [1.807, 2.05) is 30.4 Å². The van der Waals surface area contributed by atoms with Crippen molar-refractivity contribution in [3.8, 4) is 0 Å². The Morgan fingerprint density at radius 1 is 0.714 bits per heavy atom. The predicted molar refractivity (Wildman–Crippen MR) is 180 cm³/mol. The van der Waals surface area contributed by atoms with Crippen molar-refractivity contribution < 1.29 is 9.90 Å². The van der Waals surface area contributed by atoms with E-state index in [0.29, 0.717) is 6.42 Å². The van der Waals surface area contributed by atoms with Crippen LogP contribution in [0.4, 0.5) is 11.4 Å². The molecule has 1 aliphatic rings. The SMILES string of the molecule is CCCCCCCCCCCCCCCCCCC1(/N=N/c2ccc(N(CCC)CCC)cc2)C=CC=CC1C(=O)O. The Labute approximate surface area is 258 Å². The van der Waals surface area contributed by atoms with Crippen LogP contribution in [0.1, 0.15) is 143 Å². The number of aliphatic carboxylic acids is 1. The van der Waals surface area contributed by atoms with E-state index >= 15 is 0 Å². The van der Waals surface area contributed by atoms with Gasteiger partial charge in [-0.3, -0.25) is 4.79 Å². The Morgan fingerprint density at radius 2 is 1.21 bits per heavy atom. The number of hydrogen-bond acceptors (Lipinski definition) is 4. The number of azo groups is 1. The quantitative estimate of drug-likeness (QED) is 0.0925. The molecule has 1 aromatic rings. The number of benzene rings is 1. The molecule has 0 amide bonds. The van der Waals surface area contributed by atoms with E-state index in [1.54, 1.807) is 6.08 Å². The van der Waals surface area contributed by atoms with Crippen LogP contribution in [0, 0.1) is 5.92 Å². The Kier molecular flexibility index (Phi) is 18.9. The van der Waals surface area contributed by atoms with Crippen molar-refractivity contribution >= 4 is 17.3 Å². The van der Waals surface area contributed by atoms with Crippen LogP contribution < -0.4 is 4.90 Å². The normalized spacial score (nSPS) is 18.2. The van der Waals surface area contributed by atoms with Gasteiger partial charge in [0, 0.05) is 18.8 Å². The third-order valence-corrected chi connectivity index (χ3v) is 8.59. The molecule has 1 aromatic carbocycles. The molecule has 1 N–H and O–H groups in total. The number of nitrogens with zero attached hydrogens (tertiary/aromatic N) is 3. The summed E-state index contributed by atoms with van der Waals surface area (Å²) < 4.78 is 0. The minimum atomic E-state index is -0.837. The van der Waals surface area contributed by atoms with Gasteiger partial charge in [0.2, 0.25) is 0 Å². The zero-order valence-corrected chi connectivity index (χ0v) is 27.2. The predicted octanol–water partition coefficient (Wildman–Crippen LogP) is 11.6. The molecule has 1 aliphatic carbocycles. The van der Waals surface area contributed by atoms with E-state index in [1.165, 1.54) is 95.6 Å². The molecule has 0 aliphatic heterocycles. The van der Waals surface area contributed by atoms with Gasteiger partial charge < -0.3 is 10.0 Å². The highest BCUT2D eigenvalue weighted by Crippen LogP contribution is 2.36. The molecule has 0 aromatic heterocycles. The third-order valence-electron chi connectivity index (χ3n) is 8.59. The first kappa shape index (κ1) is 35.8. The van der Waals surface area contributed by atoms with Gasteiger partial charge in [0.1, 0.15) is 11.5 Å². The number of carboxylic acid groups (broad SMARTS) is 1. The number of carboxylic acids is 1. The molecule has 2 unspecified atom stereocenters. The molecule has 5 nitrogen and oxygen atoms in total. The highest BCUT2D eigenvalue weighted by Gasteiger charge is 2.41. The summed E-state index contributed by atoms with van der Waals surface area (Å²) in [7, 11) is 0. The van der Waals surface area contributed by atoms with Gasteiger partial charge >= 0.3 is 5.97 Å². The van der Waals surface area contributed by atoms with Gasteiger partial charge in [-0.05, 0) is 43.5 Å². The van der Waals surface area contributed by atoms with E-state index < -0.39 is 17.4 Å². The number of carbonyl (C=O) groups is 1. The molecule has 42 heavy (non-hydrogen) atoms. The van der Waals surface area contributed by atoms with E-state index in [-0.39, 0.29) is 0 Å². The highest BCUT2D eigenvalue weighted by molar-refractivity contribution is 5.75. The maximum absolute atomic E-state index is 12.2. The maximum Gasteiger partial charge on any atom is 0.313 e. The van der Waals surface area contributed by atoms with Crippen LogP contribution in [-0.2, 0) is 4.79 Å². The van der Waals surface area contributed by atoms with E-state index in [4.69, 9.17) is 5.11 Å². The molecular weight excluding hydrogens is 518 g/mol. The average molecular weight is 580 g/mol. The first-order valence-electron chi connectivity index (χ1n) is 17.4. The molecule has 0 saturated heterocycles. The van der Waals surface area contributed by atoms with Crippen molar-refractivity contribution in [3.05, 3.63) is 48.6 Å². The van der Waals surface area contributed by atoms with Crippen molar-refractivity contribution in [2.24, 2.45) is 16.1 Å². The summed E-state index contributed by atoms with van der Waals surface area (Å²) in [6.07, 6.45) is 31.6. The van der Waals surface area contributed by atoms with Crippen molar-refractivity contribution in [1.82, 2.24) is 0 Å². The van der Waals surface area contributed by atoms with Gasteiger partial charge in [-0.25, -0.2) is 0 Å². The van der Waals surface area contributed by atoms with Crippen LogP contribution in [0.15, 0.2) is 58.8 Å². The van der Waals surface area contributed by atoms with E-state index in [0.717, 1.165) is 44.5 Å². The molecule has 236 valence electrons. The highest BCUT2D eigenvalue weighted by atomic mass is 16.4. The summed E-state index contributed by atoms with van der Waals surface area (Å²) in [5, 5.41) is 19.3. The van der Waals surface area contributed by atoms with Crippen LogP contribution in [0.2, 0.25) is 0 Å². The Hall–Kier alpha value is -2.43. The zero-order valence-electron chi connectivity index (χ0n) is 27.2. The summed E-state index contributed by atoms with van der Waals surface area (Å²) in [5.74, 6) is -1.53. The van der Waals surface area contributed by atoms with Crippen molar-refractivity contribution in [2.45, 2.75) is 148 Å². The maximum atomic E-state index is 12.2. The minimum Gasteiger partial charge on any atom is -0.481 e. The van der Waals surface area contributed by atoms with Crippen molar-refractivity contribution in [3.63, 3.8) is 0 Å². The fourth-order valence-corrected chi connectivity index (χ4v) is 6.10. The van der Waals surface area contributed by atoms with Gasteiger partial charge in [-0.1, -0.05) is 148 Å². The topological polar surface area (TPSA) is 65.3 Å². The lowest BCUT2D eigenvalue weighted by molar-refractivity contribution is -0.141. The summed E-state index contributed by atoms with van der Waals surface area (Å²) >= 11 is 0. The summed E-state index contributed by atoms with van der Waals surface area (Å²) in [5.41, 5.74) is 1.14. The molecule has 0 fully saturated rings. The minimum absolute atomic E-state index is 0.688. The van der Waals surface area contributed by atoms with Crippen LogP contribution >= 0.6 is 0 Å². The first-order valence-corrected chi connectivity index (χ1v) is 17.4. The number of anilines is 1. The molecule has 0 heterocycles. The van der Waals surface area contributed by atoms with Crippen molar-refractivity contribution in [1.29, 1.82) is 0 Å². The summed E-state index contributed by atoms with van der Waals surface area (Å²) in [6, 6.07) is 8.20. The zero-order chi connectivity index (χ0) is 30.3. The van der Waals surface area contributed by atoms with Gasteiger partial charge in [0.05, 0.1) is 5.69 Å². The lowest BCUT2D eigenvalue weighted by Crippen LogP contribution is -2.39. The standard InChI is InChI=1S/C37H61N3O2/c1-4-7-8-9-10-11-12-13-14-15-16-17-18-19-20-22-29-37(30-23-21-24-35(37)36(41)42)39-38-33-25-27-34(28-26-33)40(31-5-2)32-6-3/h21,23-28,30,35H,4-20,22,29,31-32H2,1-3H3,(H,41,42)/b39-38+. The molecular formula is C37H61N3O2. The Bertz CT molecular complexity index is 917. The fraction of sp³-hybridized carbons (Fsp3) is 0.703. The second kappa shape index (κ2) is 22.2.